The van der Waals surface area contributed by atoms with Crippen LogP contribution < -0.4 is 0 Å². The van der Waals surface area contributed by atoms with Gasteiger partial charge >= 0.3 is 0 Å². The SMILES string of the molecule is c1cncc(Cc2nnc(-c3ccc(C4CCCCC4)cc3)o2)c1. The molecule has 1 aliphatic rings. The van der Waals surface area contributed by atoms with Crippen molar-refractivity contribution in [3.8, 4) is 11.5 Å². The van der Waals surface area contributed by atoms with Gasteiger partial charge in [-0.05, 0) is 48.1 Å². The smallest absolute Gasteiger partial charge is 0.247 e. The molecule has 122 valence electrons. The number of hydrogen-bond donors (Lipinski definition) is 0. The maximum absolute atomic E-state index is 5.81. The lowest BCUT2D eigenvalue weighted by atomic mass is 9.84. The van der Waals surface area contributed by atoms with Crippen LogP contribution in [0.1, 0.15) is 55.0 Å². The molecule has 0 aliphatic heterocycles. The van der Waals surface area contributed by atoms with Gasteiger partial charge in [0, 0.05) is 18.0 Å². The van der Waals surface area contributed by atoms with E-state index in [9.17, 15) is 0 Å². The van der Waals surface area contributed by atoms with Gasteiger partial charge in [0.05, 0.1) is 6.42 Å². The average molecular weight is 319 g/mol. The van der Waals surface area contributed by atoms with E-state index < -0.39 is 0 Å². The van der Waals surface area contributed by atoms with Crippen molar-refractivity contribution in [2.75, 3.05) is 0 Å². The molecule has 1 aromatic carbocycles. The van der Waals surface area contributed by atoms with Gasteiger partial charge in [0.1, 0.15) is 0 Å². The highest BCUT2D eigenvalue weighted by atomic mass is 16.4. The lowest BCUT2D eigenvalue weighted by Gasteiger charge is -2.21. The number of pyridine rings is 1. The summed E-state index contributed by atoms with van der Waals surface area (Å²) in [5, 5.41) is 8.34. The highest BCUT2D eigenvalue weighted by molar-refractivity contribution is 5.53. The fraction of sp³-hybridized carbons (Fsp3) is 0.350. The molecule has 0 N–H and O–H groups in total. The standard InChI is InChI=1S/C20H21N3O/c1-2-6-16(7-3-1)17-8-10-18(11-9-17)20-23-22-19(24-20)13-15-5-4-12-21-14-15/h4-5,8-12,14,16H,1-3,6-7,13H2. The van der Waals surface area contributed by atoms with Crippen LogP contribution in [0.15, 0.2) is 53.2 Å². The molecular formula is C20H21N3O. The van der Waals surface area contributed by atoms with Crippen molar-refractivity contribution in [1.29, 1.82) is 0 Å². The Morgan fingerprint density at radius 1 is 0.958 bits per heavy atom. The van der Waals surface area contributed by atoms with Crippen LogP contribution in [-0.2, 0) is 6.42 Å². The van der Waals surface area contributed by atoms with E-state index in [4.69, 9.17) is 4.42 Å². The Hall–Kier alpha value is -2.49. The Bertz CT molecular complexity index is 774. The minimum Gasteiger partial charge on any atom is -0.420 e. The molecule has 4 heteroatoms. The van der Waals surface area contributed by atoms with Gasteiger partial charge in [-0.1, -0.05) is 37.5 Å². The van der Waals surface area contributed by atoms with Crippen LogP contribution in [0, 0.1) is 0 Å². The molecule has 1 aliphatic carbocycles. The summed E-state index contributed by atoms with van der Waals surface area (Å²) >= 11 is 0. The fourth-order valence-electron chi connectivity index (χ4n) is 3.45. The molecule has 0 radical (unpaired) electrons. The quantitative estimate of drug-likeness (QED) is 0.695. The van der Waals surface area contributed by atoms with Crippen molar-refractivity contribution in [1.82, 2.24) is 15.2 Å². The number of rotatable bonds is 4. The Balaban J connectivity index is 1.48. The van der Waals surface area contributed by atoms with Gasteiger partial charge in [-0.25, -0.2) is 0 Å². The van der Waals surface area contributed by atoms with Gasteiger partial charge in [-0.3, -0.25) is 4.98 Å². The van der Waals surface area contributed by atoms with Gasteiger partial charge in [0.2, 0.25) is 11.8 Å². The first kappa shape index (κ1) is 15.1. The second kappa shape index (κ2) is 6.95. The Labute approximate surface area is 142 Å². The zero-order valence-corrected chi connectivity index (χ0v) is 13.7. The summed E-state index contributed by atoms with van der Waals surface area (Å²) in [4.78, 5) is 4.11. The molecule has 0 bridgehead atoms. The molecule has 0 atom stereocenters. The van der Waals surface area contributed by atoms with Crippen LogP contribution in [0.5, 0.6) is 0 Å². The maximum Gasteiger partial charge on any atom is 0.247 e. The van der Waals surface area contributed by atoms with Crippen molar-refractivity contribution in [3.63, 3.8) is 0 Å². The summed E-state index contributed by atoms with van der Waals surface area (Å²) in [6.45, 7) is 0. The number of hydrogen-bond acceptors (Lipinski definition) is 4. The summed E-state index contributed by atoms with van der Waals surface area (Å²) in [5.74, 6) is 1.93. The largest absolute Gasteiger partial charge is 0.420 e. The van der Waals surface area contributed by atoms with E-state index in [2.05, 4.69) is 39.4 Å². The minimum absolute atomic E-state index is 0.587. The van der Waals surface area contributed by atoms with E-state index >= 15 is 0 Å². The van der Waals surface area contributed by atoms with E-state index in [0.717, 1.165) is 17.0 Å². The zero-order valence-electron chi connectivity index (χ0n) is 13.7. The van der Waals surface area contributed by atoms with E-state index in [0.29, 0.717) is 18.2 Å². The topological polar surface area (TPSA) is 51.8 Å². The normalized spacial score (nSPS) is 15.5. The molecule has 3 aromatic rings. The summed E-state index contributed by atoms with van der Waals surface area (Å²) in [6.07, 6.45) is 10.9. The molecule has 4 rings (SSSR count). The molecule has 1 saturated carbocycles. The average Bonchev–Trinajstić information content (AvgIpc) is 3.12. The number of benzene rings is 1. The predicted octanol–water partition coefficient (Wildman–Crippen LogP) is 4.77. The van der Waals surface area contributed by atoms with Crippen molar-refractivity contribution in [2.24, 2.45) is 0 Å². The van der Waals surface area contributed by atoms with Gasteiger partial charge in [-0.15, -0.1) is 10.2 Å². The van der Waals surface area contributed by atoms with E-state index in [-0.39, 0.29) is 0 Å². The van der Waals surface area contributed by atoms with Gasteiger partial charge < -0.3 is 4.42 Å². The summed E-state index contributed by atoms with van der Waals surface area (Å²) < 4.78 is 5.81. The van der Waals surface area contributed by atoms with Crippen LogP contribution >= 0.6 is 0 Å². The Morgan fingerprint density at radius 2 is 1.79 bits per heavy atom. The first-order valence-electron chi connectivity index (χ1n) is 8.70. The molecule has 4 nitrogen and oxygen atoms in total. The Kier molecular flexibility index (Phi) is 4.36. The second-order valence-corrected chi connectivity index (χ2v) is 6.50. The highest BCUT2D eigenvalue weighted by Gasteiger charge is 2.16. The van der Waals surface area contributed by atoms with Gasteiger partial charge in [0.25, 0.3) is 0 Å². The van der Waals surface area contributed by atoms with Gasteiger partial charge in [-0.2, -0.15) is 0 Å². The highest BCUT2D eigenvalue weighted by Crippen LogP contribution is 2.33. The van der Waals surface area contributed by atoms with Crippen molar-refractivity contribution < 1.29 is 4.42 Å². The number of aromatic nitrogens is 3. The van der Waals surface area contributed by atoms with Crippen LogP contribution in [0.3, 0.4) is 0 Å². The molecule has 2 aromatic heterocycles. The number of nitrogens with zero attached hydrogens (tertiary/aromatic N) is 3. The van der Waals surface area contributed by atoms with Gasteiger partial charge in [0.15, 0.2) is 0 Å². The predicted molar refractivity (Wildman–Crippen MR) is 92.6 cm³/mol. The molecule has 0 spiro atoms. The third kappa shape index (κ3) is 3.37. The molecule has 24 heavy (non-hydrogen) atoms. The molecule has 0 amide bonds. The van der Waals surface area contributed by atoms with Crippen molar-refractivity contribution >= 4 is 0 Å². The van der Waals surface area contributed by atoms with E-state index in [1.807, 2.05) is 18.3 Å². The summed E-state index contributed by atoms with van der Waals surface area (Å²) in [6, 6.07) is 12.6. The summed E-state index contributed by atoms with van der Waals surface area (Å²) in [7, 11) is 0. The van der Waals surface area contributed by atoms with E-state index in [1.165, 1.54) is 37.7 Å². The van der Waals surface area contributed by atoms with Crippen LogP contribution in [0.25, 0.3) is 11.5 Å². The molecule has 2 heterocycles. The molecule has 1 fully saturated rings. The lowest BCUT2D eigenvalue weighted by molar-refractivity contribution is 0.443. The van der Waals surface area contributed by atoms with Crippen molar-refractivity contribution in [2.45, 2.75) is 44.4 Å². The first-order chi connectivity index (χ1) is 11.9. The first-order valence-corrected chi connectivity index (χ1v) is 8.70. The lowest BCUT2D eigenvalue weighted by Crippen LogP contribution is -2.04. The maximum atomic E-state index is 5.81. The molecular weight excluding hydrogens is 298 g/mol. The third-order valence-corrected chi connectivity index (χ3v) is 4.78. The zero-order chi connectivity index (χ0) is 16.2. The second-order valence-electron chi connectivity index (χ2n) is 6.50. The van der Waals surface area contributed by atoms with E-state index in [1.54, 1.807) is 6.20 Å². The monoisotopic (exact) mass is 319 g/mol. The van der Waals surface area contributed by atoms with Crippen molar-refractivity contribution in [3.05, 3.63) is 65.8 Å². The summed E-state index contributed by atoms with van der Waals surface area (Å²) in [5.41, 5.74) is 3.49. The molecule has 0 unspecified atom stereocenters. The van der Waals surface area contributed by atoms with Crippen LogP contribution in [-0.4, -0.2) is 15.2 Å². The Morgan fingerprint density at radius 3 is 2.54 bits per heavy atom. The fourth-order valence-corrected chi connectivity index (χ4v) is 3.45. The third-order valence-electron chi connectivity index (χ3n) is 4.78. The van der Waals surface area contributed by atoms with Crippen LogP contribution in [0.2, 0.25) is 0 Å². The minimum atomic E-state index is 0.587. The van der Waals surface area contributed by atoms with Crippen LogP contribution in [0.4, 0.5) is 0 Å². The molecule has 0 saturated heterocycles.